The highest BCUT2D eigenvalue weighted by Crippen LogP contribution is 2.11. The standard InChI is InChI=1S/C15H12FN5O/c16-13-4-2-1-3-11(13)7-15(22)19-14-5-6-21(20-14)12-8-17-10-18-9-12/h1-6,8-10H,7H2,(H,19,20,22). The maximum absolute atomic E-state index is 13.5. The molecular weight excluding hydrogens is 285 g/mol. The lowest BCUT2D eigenvalue weighted by molar-refractivity contribution is -0.115. The highest BCUT2D eigenvalue weighted by atomic mass is 19.1. The lowest BCUT2D eigenvalue weighted by Crippen LogP contribution is -2.15. The van der Waals surface area contributed by atoms with Crippen molar-refractivity contribution in [2.45, 2.75) is 6.42 Å². The lowest BCUT2D eigenvalue weighted by atomic mass is 10.1. The molecule has 110 valence electrons. The summed E-state index contributed by atoms with van der Waals surface area (Å²) < 4.78 is 15.0. The van der Waals surface area contributed by atoms with Crippen molar-refractivity contribution in [1.29, 1.82) is 0 Å². The first-order chi connectivity index (χ1) is 10.7. The second-order valence-corrected chi connectivity index (χ2v) is 4.56. The summed E-state index contributed by atoms with van der Waals surface area (Å²) >= 11 is 0. The lowest BCUT2D eigenvalue weighted by Gasteiger charge is -2.03. The number of benzene rings is 1. The number of rotatable bonds is 4. The van der Waals surface area contributed by atoms with Gasteiger partial charge in [0.1, 0.15) is 17.8 Å². The number of amides is 1. The number of anilines is 1. The third-order valence-electron chi connectivity index (χ3n) is 2.98. The second kappa shape index (κ2) is 6.13. The molecule has 0 fully saturated rings. The number of nitrogens with zero attached hydrogens (tertiary/aromatic N) is 4. The molecule has 3 aromatic rings. The zero-order valence-corrected chi connectivity index (χ0v) is 11.5. The van der Waals surface area contributed by atoms with E-state index in [1.54, 1.807) is 47.5 Å². The number of carbonyl (C=O) groups is 1. The fourth-order valence-corrected chi connectivity index (χ4v) is 1.95. The van der Waals surface area contributed by atoms with Gasteiger partial charge in [-0.25, -0.2) is 19.0 Å². The molecule has 22 heavy (non-hydrogen) atoms. The molecule has 7 heteroatoms. The van der Waals surface area contributed by atoms with Gasteiger partial charge in [0.2, 0.25) is 5.91 Å². The molecule has 0 unspecified atom stereocenters. The fraction of sp³-hybridized carbons (Fsp3) is 0.0667. The topological polar surface area (TPSA) is 72.7 Å². The molecule has 0 aliphatic rings. The number of carbonyl (C=O) groups excluding carboxylic acids is 1. The Morgan fingerprint density at radius 3 is 2.73 bits per heavy atom. The van der Waals surface area contributed by atoms with E-state index in [2.05, 4.69) is 20.4 Å². The van der Waals surface area contributed by atoms with E-state index >= 15 is 0 Å². The molecule has 3 rings (SSSR count). The van der Waals surface area contributed by atoms with Crippen molar-refractivity contribution in [2.24, 2.45) is 0 Å². The summed E-state index contributed by atoms with van der Waals surface area (Å²) in [4.78, 5) is 19.7. The first-order valence-electron chi connectivity index (χ1n) is 6.57. The Hall–Kier alpha value is -3.09. The van der Waals surface area contributed by atoms with Gasteiger partial charge < -0.3 is 5.32 Å². The summed E-state index contributed by atoms with van der Waals surface area (Å²) in [7, 11) is 0. The van der Waals surface area contributed by atoms with Gasteiger partial charge in [-0.2, -0.15) is 0 Å². The van der Waals surface area contributed by atoms with E-state index in [9.17, 15) is 9.18 Å². The van der Waals surface area contributed by atoms with E-state index in [1.807, 2.05) is 0 Å². The summed E-state index contributed by atoms with van der Waals surface area (Å²) in [6.07, 6.45) is 6.26. The van der Waals surface area contributed by atoms with Gasteiger partial charge in [-0.1, -0.05) is 18.2 Å². The van der Waals surface area contributed by atoms with Gasteiger partial charge in [0.25, 0.3) is 0 Å². The van der Waals surface area contributed by atoms with Crippen LogP contribution in [0.15, 0.2) is 55.2 Å². The summed E-state index contributed by atoms with van der Waals surface area (Å²) in [5, 5.41) is 6.82. The summed E-state index contributed by atoms with van der Waals surface area (Å²) in [6, 6.07) is 7.82. The Morgan fingerprint density at radius 1 is 1.18 bits per heavy atom. The van der Waals surface area contributed by atoms with Crippen LogP contribution < -0.4 is 5.32 Å². The average Bonchev–Trinajstić information content (AvgIpc) is 2.99. The van der Waals surface area contributed by atoms with Crippen LogP contribution >= 0.6 is 0 Å². The van der Waals surface area contributed by atoms with Crippen LogP contribution in [0.4, 0.5) is 10.2 Å². The minimum Gasteiger partial charge on any atom is -0.309 e. The van der Waals surface area contributed by atoms with E-state index in [1.165, 1.54) is 12.4 Å². The predicted octanol–water partition coefficient (Wildman–Crippen LogP) is 1.98. The van der Waals surface area contributed by atoms with Gasteiger partial charge in [0.15, 0.2) is 5.82 Å². The highest BCUT2D eigenvalue weighted by molar-refractivity contribution is 5.91. The monoisotopic (exact) mass is 297 g/mol. The molecular formula is C15H12FN5O. The maximum Gasteiger partial charge on any atom is 0.230 e. The van der Waals surface area contributed by atoms with Gasteiger partial charge in [-0.15, -0.1) is 5.10 Å². The Labute approximate surface area is 125 Å². The van der Waals surface area contributed by atoms with E-state index in [4.69, 9.17) is 0 Å². The van der Waals surface area contributed by atoms with Crippen molar-refractivity contribution in [3.05, 3.63) is 66.6 Å². The number of nitrogens with one attached hydrogen (secondary N) is 1. The molecule has 0 aliphatic heterocycles. The zero-order valence-electron chi connectivity index (χ0n) is 11.5. The number of halogens is 1. The number of hydrogen-bond acceptors (Lipinski definition) is 4. The highest BCUT2D eigenvalue weighted by Gasteiger charge is 2.09. The molecule has 0 radical (unpaired) electrons. The first-order valence-corrected chi connectivity index (χ1v) is 6.57. The second-order valence-electron chi connectivity index (χ2n) is 4.56. The summed E-state index contributed by atoms with van der Waals surface area (Å²) in [5.41, 5.74) is 1.02. The van der Waals surface area contributed by atoms with Crippen LogP contribution in [0, 0.1) is 5.82 Å². The molecule has 0 spiro atoms. The van der Waals surface area contributed by atoms with E-state index < -0.39 is 5.82 Å². The van der Waals surface area contributed by atoms with Crippen molar-refractivity contribution in [3.8, 4) is 5.69 Å². The average molecular weight is 297 g/mol. The Kier molecular flexibility index (Phi) is 3.86. The third kappa shape index (κ3) is 3.14. The van der Waals surface area contributed by atoms with E-state index in [0.717, 1.165) is 0 Å². The van der Waals surface area contributed by atoms with Crippen LogP contribution in [0.3, 0.4) is 0 Å². The molecule has 0 saturated heterocycles. The molecule has 1 N–H and O–H groups in total. The Bertz CT molecular complexity index is 787. The van der Waals surface area contributed by atoms with Gasteiger partial charge in [0, 0.05) is 12.3 Å². The summed E-state index contributed by atoms with van der Waals surface area (Å²) in [5.74, 6) is -0.352. The maximum atomic E-state index is 13.5. The van der Waals surface area contributed by atoms with Crippen molar-refractivity contribution >= 4 is 11.7 Å². The quantitative estimate of drug-likeness (QED) is 0.799. The molecule has 2 aromatic heterocycles. The number of aromatic nitrogens is 4. The van der Waals surface area contributed by atoms with Crippen molar-refractivity contribution in [1.82, 2.24) is 19.7 Å². The Morgan fingerprint density at radius 2 is 1.95 bits per heavy atom. The Balaban J connectivity index is 1.68. The van der Waals surface area contributed by atoms with Crippen LogP contribution in [-0.2, 0) is 11.2 Å². The van der Waals surface area contributed by atoms with Gasteiger partial charge in [-0.05, 0) is 11.6 Å². The third-order valence-corrected chi connectivity index (χ3v) is 2.98. The van der Waals surface area contributed by atoms with Crippen molar-refractivity contribution in [3.63, 3.8) is 0 Å². The fourth-order valence-electron chi connectivity index (χ4n) is 1.95. The van der Waals surface area contributed by atoms with Gasteiger partial charge >= 0.3 is 0 Å². The molecule has 0 saturated carbocycles. The predicted molar refractivity (Wildman–Crippen MR) is 77.9 cm³/mol. The molecule has 0 bridgehead atoms. The summed E-state index contributed by atoms with van der Waals surface area (Å²) in [6.45, 7) is 0. The van der Waals surface area contributed by atoms with Gasteiger partial charge in [-0.3, -0.25) is 4.79 Å². The first kappa shape index (κ1) is 13.9. The minimum absolute atomic E-state index is 0.0476. The van der Waals surface area contributed by atoms with Crippen LogP contribution in [0.2, 0.25) is 0 Å². The molecule has 6 nitrogen and oxygen atoms in total. The van der Waals surface area contributed by atoms with Crippen molar-refractivity contribution < 1.29 is 9.18 Å². The van der Waals surface area contributed by atoms with Crippen LogP contribution in [0.25, 0.3) is 5.69 Å². The van der Waals surface area contributed by atoms with E-state index in [0.29, 0.717) is 17.1 Å². The molecule has 0 atom stereocenters. The molecule has 1 aromatic carbocycles. The molecule has 0 aliphatic carbocycles. The van der Waals surface area contributed by atoms with Crippen LogP contribution in [0.1, 0.15) is 5.56 Å². The van der Waals surface area contributed by atoms with Crippen LogP contribution in [0.5, 0.6) is 0 Å². The number of hydrogen-bond donors (Lipinski definition) is 1. The minimum atomic E-state index is -0.399. The largest absolute Gasteiger partial charge is 0.309 e. The van der Waals surface area contributed by atoms with Gasteiger partial charge in [0.05, 0.1) is 18.8 Å². The van der Waals surface area contributed by atoms with Crippen LogP contribution in [-0.4, -0.2) is 25.7 Å². The normalized spacial score (nSPS) is 10.4. The molecule has 1 amide bonds. The smallest absolute Gasteiger partial charge is 0.230 e. The van der Waals surface area contributed by atoms with E-state index in [-0.39, 0.29) is 12.3 Å². The molecule has 2 heterocycles. The van der Waals surface area contributed by atoms with Crippen molar-refractivity contribution in [2.75, 3.05) is 5.32 Å². The SMILES string of the molecule is O=C(Cc1ccccc1F)Nc1ccn(-c2cncnc2)n1. The zero-order chi connectivity index (χ0) is 15.4.